The van der Waals surface area contributed by atoms with Gasteiger partial charge in [0.05, 0.1) is 22.1 Å². The summed E-state index contributed by atoms with van der Waals surface area (Å²) in [5.41, 5.74) is 16.8. The average molecular weight is 749 g/mol. The fourth-order valence-corrected chi connectivity index (χ4v) is 10.8. The first-order valence-corrected chi connectivity index (χ1v) is 20.5. The highest BCUT2D eigenvalue weighted by Crippen LogP contribution is 2.63. The Morgan fingerprint density at radius 1 is 0.322 bits per heavy atom. The summed E-state index contributed by atoms with van der Waals surface area (Å²) in [6.45, 7) is 0. The molecular formula is C57H36N2. The smallest absolute Gasteiger partial charge is 0.0727 e. The molecule has 1 spiro atoms. The van der Waals surface area contributed by atoms with Gasteiger partial charge in [0.1, 0.15) is 0 Å². The molecule has 274 valence electrons. The van der Waals surface area contributed by atoms with Crippen molar-refractivity contribution in [2.45, 2.75) is 5.41 Å². The number of hydrogen-bond acceptors (Lipinski definition) is 1. The third-order valence-electron chi connectivity index (χ3n) is 13.1. The van der Waals surface area contributed by atoms with Crippen molar-refractivity contribution < 1.29 is 0 Å². The van der Waals surface area contributed by atoms with Crippen LogP contribution >= 0.6 is 0 Å². The minimum absolute atomic E-state index is 0.556. The number of anilines is 3. The molecule has 59 heavy (non-hydrogen) atoms. The number of para-hydroxylation sites is 2. The third-order valence-corrected chi connectivity index (χ3v) is 13.1. The van der Waals surface area contributed by atoms with E-state index in [0.717, 1.165) is 17.1 Å². The fourth-order valence-electron chi connectivity index (χ4n) is 10.8. The second-order valence-corrected chi connectivity index (χ2v) is 16.0. The Morgan fingerprint density at radius 2 is 0.915 bits per heavy atom. The average Bonchev–Trinajstić information content (AvgIpc) is 3.80. The van der Waals surface area contributed by atoms with Gasteiger partial charge >= 0.3 is 0 Å². The van der Waals surface area contributed by atoms with Gasteiger partial charge in [-0.2, -0.15) is 0 Å². The van der Waals surface area contributed by atoms with Crippen molar-refractivity contribution in [3.05, 3.63) is 241 Å². The topological polar surface area (TPSA) is 8.17 Å². The van der Waals surface area contributed by atoms with Crippen LogP contribution in [0.1, 0.15) is 22.3 Å². The highest BCUT2D eigenvalue weighted by atomic mass is 15.1. The number of rotatable bonds is 5. The normalized spacial score (nSPS) is 13.2. The molecular weight excluding hydrogens is 713 g/mol. The van der Waals surface area contributed by atoms with E-state index in [0.29, 0.717) is 0 Å². The predicted octanol–water partition coefficient (Wildman–Crippen LogP) is 14.9. The van der Waals surface area contributed by atoms with Crippen molar-refractivity contribution >= 4 is 60.4 Å². The van der Waals surface area contributed by atoms with Crippen LogP contribution in [0.3, 0.4) is 0 Å². The Balaban J connectivity index is 1.20. The number of aromatic nitrogens is 1. The zero-order valence-electron chi connectivity index (χ0n) is 32.2. The van der Waals surface area contributed by atoms with E-state index in [1.165, 1.54) is 93.5 Å². The third kappa shape index (κ3) is 4.35. The summed E-state index contributed by atoms with van der Waals surface area (Å²) in [4.78, 5) is 2.45. The van der Waals surface area contributed by atoms with Crippen molar-refractivity contribution in [3.63, 3.8) is 0 Å². The highest BCUT2D eigenvalue weighted by Gasteiger charge is 2.50. The van der Waals surface area contributed by atoms with Crippen LogP contribution in [0.2, 0.25) is 0 Å². The number of hydrogen-bond donors (Lipinski definition) is 0. The standard InChI is InChI=1S/C57H36N2/c1-3-17-38(18-4-1)44-22-11-14-28-51(44)59-52-29-15-27-49-55(52)56-53(59)33-31-40-35-43(58(41-20-5-2-6-21-41)42-32-30-37-16-7-8-19-39(37)34-42)36-50(54(40)56)57(49)47-25-12-9-23-45(47)46-24-10-13-26-48(46)57/h1-36H. The SMILES string of the molecule is c1ccc(-c2ccccc2-n2c3cccc4c3c3c5c(cc(N(c6ccccc6)c6ccc7ccccc7c6)cc5ccc32)C42c3ccccc3-c3ccccc32)cc1. The van der Waals surface area contributed by atoms with Gasteiger partial charge in [-0.25, -0.2) is 0 Å². The fraction of sp³-hybridized carbons (Fsp3) is 0.0175. The van der Waals surface area contributed by atoms with Crippen molar-refractivity contribution in [2.24, 2.45) is 0 Å². The van der Waals surface area contributed by atoms with Crippen LogP contribution in [-0.4, -0.2) is 4.57 Å². The molecule has 0 atom stereocenters. The van der Waals surface area contributed by atoms with Crippen molar-refractivity contribution in [1.82, 2.24) is 4.57 Å². The van der Waals surface area contributed by atoms with Crippen LogP contribution in [0.5, 0.6) is 0 Å². The summed E-state index contributed by atoms with van der Waals surface area (Å²) < 4.78 is 2.53. The largest absolute Gasteiger partial charge is 0.310 e. The number of fused-ring (bicyclic) bond motifs is 8. The van der Waals surface area contributed by atoms with E-state index in [1.807, 2.05) is 0 Å². The molecule has 2 aliphatic rings. The molecule has 0 saturated carbocycles. The van der Waals surface area contributed by atoms with Crippen molar-refractivity contribution in [3.8, 4) is 27.9 Å². The molecule has 0 radical (unpaired) electrons. The van der Waals surface area contributed by atoms with E-state index >= 15 is 0 Å². The van der Waals surface area contributed by atoms with E-state index < -0.39 is 5.41 Å². The van der Waals surface area contributed by atoms with Crippen LogP contribution in [0.15, 0.2) is 218 Å². The van der Waals surface area contributed by atoms with Crippen LogP contribution in [0.25, 0.3) is 71.3 Å². The Hall–Kier alpha value is -7.68. The maximum absolute atomic E-state index is 2.53. The lowest BCUT2D eigenvalue weighted by atomic mass is 9.63. The number of benzene rings is 10. The predicted molar refractivity (Wildman–Crippen MR) is 247 cm³/mol. The molecule has 2 nitrogen and oxygen atoms in total. The summed E-state index contributed by atoms with van der Waals surface area (Å²) in [7, 11) is 0. The Kier molecular flexibility index (Phi) is 6.68. The molecule has 0 unspecified atom stereocenters. The molecule has 0 bridgehead atoms. The maximum Gasteiger partial charge on any atom is 0.0727 e. The van der Waals surface area contributed by atoms with E-state index in [-0.39, 0.29) is 0 Å². The van der Waals surface area contributed by atoms with Gasteiger partial charge in [-0.3, -0.25) is 0 Å². The van der Waals surface area contributed by atoms with E-state index in [4.69, 9.17) is 0 Å². The molecule has 11 aromatic rings. The zero-order valence-corrected chi connectivity index (χ0v) is 32.2. The first-order chi connectivity index (χ1) is 29.3. The quantitative estimate of drug-likeness (QED) is 0.170. The number of nitrogens with zero attached hydrogens (tertiary/aromatic N) is 2. The summed E-state index contributed by atoms with van der Waals surface area (Å²) in [5, 5.41) is 7.66. The molecule has 0 aliphatic heterocycles. The lowest BCUT2D eigenvalue weighted by molar-refractivity contribution is 0.783. The van der Waals surface area contributed by atoms with Crippen molar-refractivity contribution in [2.75, 3.05) is 4.90 Å². The minimum atomic E-state index is -0.556. The molecule has 1 heterocycles. The highest BCUT2D eigenvalue weighted by molar-refractivity contribution is 6.27. The Morgan fingerprint density at radius 3 is 1.69 bits per heavy atom. The lowest BCUT2D eigenvalue weighted by Crippen LogP contribution is -2.31. The summed E-state index contributed by atoms with van der Waals surface area (Å²) in [6.07, 6.45) is 0. The van der Waals surface area contributed by atoms with Gasteiger partial charge in [0, 0.05) is 33.4 Å². The van der Waals surface area contributed by atoms with Gasteiger partial charge in [-0.05, 0) is 115 Å². The van der Waals surface area contributed by atoms with Crippen LogP contribution < -0.4 is 4.90 Å². The molecule has 1 aromatic heterocycles. The van der Waals surface area contributed by atoms with Gasteiger partial charge in [-0.1, -0.05) is 164 Å². The summed E-state index contributed by atoms with van der Waals surface area (Å²) >= 11 is 0. The maximum atomic E-state index is 2.53. The van der Waals surface area contributed by atoms with Crippen molar-refractivity contribution in [1.29, 1.82) is 0 Å². The molecule has 0 fully saturated rings. The minimum Gasteiger partial charge on any atom is -0.310 e. The Bertz CT molecular complexity index is 3460. The molecule has 10 aromatic carbocycles. The molecule has 0 N–H and O–H groups in total. The molecule has 13 rings (SSSR count). The van der Waals surface area contributed by atoms with Gasteiger partial charge in [-0.15, -0.1) is 0 Å². The zero-order chi connectivity index (χ0) is 38.7. The Labute approximate surface area is 342 Å². The molecule has 2 aliphatic carbocycles. The van der Waals surface area contributed by atoms with E-state index in [9.17, 15) is 0 Å². The first-order valence-electron chi connectivity index (χ1n) is 20.5. The monoisotopic (exact) mass is 748 g/mol. The van der Waals surface area contributed by atoms with E-state index in [1.54, 1.807) is 0 Å². The van der Waals surface area contributed by atoms with Crippen LogP contribution in [0.4, 0.5) is 17.1 Å². The van der Waals surface area contributed by atoms with Crippen LogP contribution in [0, 0.1) is 0 Å². The van der Waals surface area contributed by atoms with Gasteiger partial charge in [0.15, 0.2) is 0 Å². The van der Waals surface area contributed by atoms with Gasteiger partial charge in [0.2, 0.25) is 0 Å². The molecule has 0 saturated heterocycles. The molecule has 0 amide bonds. The van der Waals surface area contributed by atoms with Gasteiger partial charge < -0.3 is 9.47 Å². The summed E-state index contributed by atoms with van der Waals surface area (Å²) in [5.74, 6) is 0. The summed E-state index contributed by atoms with van der Waals surface area (Å²) in [6, 6.07) is 81.1. The van der Waals surface area contributed by atoms with Crippen LogP contribution in [-0.2, 0) is 5.41 Å². The second kappa shape index (κ2) is 12.2. The lowest BCUT2D eigenvalue weighted by Gasteiger charge is -2.39. The van der Waals surface area contributed by atoms with Gasteiger partial charge in [0.25, 0.3) is 0 Å². The van der Waals surface area contributed by atoms with E-state index in [2.05, 4.69) is 228 Å². The first kappa shape index (κ1) is 32.4. The molecule has 2 heteroatoms. The second-order valence-electron chi connectivity index (χ2n) is 16.0.